The molecule has 1 saturated heterocycles. The number of Topliss-reactive ketones (excluding diaryl/α,β-unsaturated/α-hetero) is 1. The van der Waals surface area contributed by atoms with E-state index in [9.17, 15) is 9.59 Å². The molecule has 1 aliphatic rings. The maximum atomic E-state index is 11.8. The third-order valence-corrected chi connectivity index (χ3v) is 3.75. The Morgan fingerprint density at radius 3 is 2.73 bits per heavy atom. The van der Waals surface area contributed by atoms with E-state index >= 15 is 0 Å². The smallest absolute Gasteiger partial charge is 0.223 e. The molecule has 1 aliphatic heterocycles. The zero-order valence-electron chi connectivity index (χ0n) is 12.5. The first kappa shape index (κ1) is 14.5. The zero-order chi connectivity index (χ0) is 15.5. The van der Waals surface area contributed by atoms with Gasteiger partial charge in [-0.05, 0) is 19.1 Å². The lowest BCUT2D eigenvalue weighted by Crippen LogP contribution is -2.56. The van der Waals surface area contributed by atoms with Gasteiger partial charge in [0.05, 0.1) is 18.6 Å². The molecule has 1 amide bonds. The number of carbonyl (C=O) groups excluding carboxylic acids is 2. The second kappa shape index (κ2) is 6.13. The van der Waals surface area contributed by atoms with Gasteiger partial charge >= 0.3 is 0 Å². The van der Waals surface area contributed by atoms with Crippen molar-refractivity contribution in [3.8, 4) is 5.88 Å². The number of benzene rings is 1. The van der Waals surface area contributed by atoms with Crippen LogP contribution in [0.3, 0.4) is 0 Å². The van der Waals surface area contributed by atoms with Crippen molar-refractivity contribution >= 4 is 22.6 Å². The molecule has 1 aromatic carbocycles. The van der Waals surface area contributed by atoms with Crippen molar-refractivity contribution in [2.45, 2.75) is 25.9 Å². The number of rotatable bonds is 5. The number of likely N-dealkylation sites (tertiary alicyclic amines) is 1. The van der Waals surface area contributed by atoms with Crippen LogP contribution in [0.5, 0.6) is 5.88 Å². The quantitative estimate of drug-likeness (QED) is 0.849. The summed E-state index contributed by atoms with van der Waals surface area (Å²) in [6.07, 6.45) is 0.582. The van der Waals surface area contributed by atoms with E-state index in [1.807, 2.05) is 36.4 Å². The van der Waals surface area contributed by atoms with Gasteiger partial charge in [-0.3, -0.25) is 4.79 Å². The highest BCUT2D eigenvalue weighted by molar-refractivity contribution is 5.84. The monoisotopic (exact) mass is 298 g/mol. The Hall–Kier alpha value is -2.43. The first-order valence-corrected chi connectivity index (χ1v) is 7.41. The van der Waals surface area contributed by atoms with Crippen molar-refractivity contribution in [3.63, 3.8) is 0 Å². The summed E-state index contributed by atoms with van der Waals surface area (Å²) in [7, 11) is 0. The zero-order valence-corrected chi connectivity index (χ0v) is 12.5. The first-order valence-electron chi connectivity index (χ1n) is 7.41. The van der Waals surface area contributed by atoms with Crippen LogP contribution in [0.25, 0.3) is 10.9 Å². The third kappa shape index (κ3) is 3.24. The van der Waals surface area contributed by atoms with Gasteiger partial charge in [-0.15, -0.1) is 0 Å². The van der Waals surface area contributed by atoms with Crippen LogP contribution in [0.4, 0.5) is 0 Å². The number of hydrogen-bond acceptors (Lipinski definition) is 4. The minimum absolute atomic E-state index is 0.0153. The SMILES string of the molecule is CC(=O)CCC(=O)N1CC(Oc2ccc3ccccc3n2)C1. The summed E-state index contributed by atoms with van der Waals surface area (Å²) < 4.78 is 5.79. The number of para-hydroxylation sites is 1. The summed E-state index contributed by atoms with van der Waals surface area (Å²) in [6.45, 7) is 2.62. The number of ketones is 1. The van der Waals surface area contributed by atoms with Crippen molar-refractivity contribution in [3.05, 3.63) is 36.4 Å². The maximum Gasteiger partial charge on any atom is 0.223 e. The molecule has 0 atom stereocenters. The summed E-state index contributed by atoms with van der Waals surface area (Å²) in [5, 5.41) is 1.07. The number of pyridine rings is 1. The number of aromatic nitrogens is 1. The molecule has 1 aromatic heterocycles. The fraction of sp³-hybridized carbons (Fsp3) is 0.353. The molecule has 2 heterocycles. The standard InChI is InChI=1S/C17H18N2O3/c1-12(20)6-9-17(21)19-10-14(11-19)22-16-8-7-13-4-2-3-5-15(13)18-16/h2-5,7-8,14H,6,9-11H2,1H3. The van der Waals surface area contributed by atoms with E-state index in [4.69, 9.17) is 4.74 Å². The lowest BCUT2D eigenvalue weighted by molar-refractivity contribution is -0.141. The molecule has 5 nitrogen and oxygen atoms in total. The number of ether oxygens (including phenoxy) is 1. The van der Waals surface area contributed by atoms with Crippen LogP contribution in [0.1, 0.15) is 19.8 Å². The highest BCUT2D eigenvalue weighted by Crippen LogP contribution is 2.20. The van der Waals surface area contributed by atoms with E-state index in [0.29, 0.717) is 25.4 Å². The maximum absolute atomic E-state index is 11.8. The molecule has 0 N–H and O–H groups in total. The van der Waals surface area contributed by atoms with E-state index in [1.165, 1.54) is 6.92 Å². The van der Waals surface area contributed by atoms with Crippen LogP contribution >= 0.6 is 0 Å². The lowest BCUT2D eigenvalue weighted by atomic mass is 10.1. The highest BCUT2D eigenvalue weighted by Gasteiger charge is 2.32. The fourth-order valence-corrected chi connectivity index (χ4v) is 2.44. The molecule has 2 aromatic rings. The van der Waals surface area contributed by atoms with Crippen molar-refractivity contribution < 1.29 is 14.3 Å². The Balaban J connectivity index is 1.52. The molecule has 0 spiro atoms. The predicted molar refractivity (Wildman–Crippen MR) is 82.7 cm³/mol. The van der Waals surface area contributed by atoms with E-state index < -0.39 is 0 Å². The van der Waals surface area contributed by atoms with Gasteiger partial charge in [0.15, 0.2) is 0 Å². The molecule has 1 fully saturated rings. The van der Waals surface area contributed by atoms with Crippen LogP contribution in [0.15, 0.2) is 36.4 Å². The average Bonchev–Trinajstić information content (AvgIpc) is 2.48. The number of fused-ring (bicyclic) bond motifs is 1. The van der Waals surface area contributed by atoms with E-state index in [1.54, 1.807) is 4.90 Å². The molecule has 5 heteroatoms. The van der Waals surface area contributed by atoms with Gasteiger partial charge in [-0.25, -0.2) is 4.98 Å². The molecule has 0 saturated carbocycles. The molecular weight excluding hydrogens is 280 g/mol. The van der Waals surface area contributed by atoms with Gasteiger partial charge in [0.25, 0.3) is 0 Å². The second-order valence-corrected chi connectivity index (χ2v) is 5.58. The number of hydrogen-bond donors (Lipinski definition) is 0. The third-order valence-electron chi connectivity index (χ3n) is 3.75. The van der Waals surface area contributed by atoms with Gasteiger partial charge in [-0.2, -0.15) is 0 Å². The van der Waals surface area contributed by atoms with Crippen molar-refractivity contribution in [2.75, 3.05) is 13.1 Å². The number of carbonyl (C=O) groups is 2. The van der Waals surface area contributed by atoms with Gasteiger partial charge < -0.3 is 14.4 Å². The molecule has 0 aliphatic carbocycles. The summed E-state index contributed by atoms with van der Waals surface area (Å²) in [5.74, 6) is 0.642. The molecule has 22 heavy (non-hydrogen) atoms. The van der Waals surface area contributed by atoms with Crippen LogP contribution in [-0.4, -0.2) is 40.8 Å². The molecule has 114 valence electrons. The average molecular weight is 298 g/mol. The number of nitrogens with zero attached hydrogens (tertiary/aromatic N) is 2. The molecule has 0 radical (unpaired) electrons. The lowest BCUT2D eigenvalue weighted by Gasteiger charge is -2.38. The normalized spacial score (nSPS) is 14.7. The number of amides is 1. The first-order chi connectivity index (χ1) is 10.6. The predicted octanol–water partition coefficient (Wildman–Crippen LogP) is 2.19. The summed E-state index contributed by atoms with van der Waals surface area (Å²) >= 11 is 0. The molecule has 0 bridgehead atoms. The Bertz CT molecular complexity index is 708. The Labute approximate surface area is 128 Å². The van der Waals surface area contributed by atoms with Gasteiger partial charge in [0.1, 0.15) is 11.9 Å². The fourth-order valence-electron chi connectivity index (χ4n) is 2.44. The van der Waals surface area contributed by atoms with Crippen LogP contribution in [0, 0.1) is 0 Å². The molecular formula is C17H18N2O3. The van der Waals surface area contributed by atoms with Gasteiger partial charge in [-0.1, -0.05) is 18.2 Å². The largest absolute Gasteiger partial charge is 0.471 e. The van der Waals surface area contributed by atoms with Gasteiger partial charge in [0, 0.05) is 24.3 Å². The topological polar surface area (TPSA) is 59.5 Å². The highest BCUT2D eigenvalue weighted by atomic mass is 16.5. The van der Waals surface area contributed by atoms with Gasteiger partial charge in [0.2, 0.25) is 11.8 Å². The molecule has 3 rings (SSSR count). The van der Waals surface area contributed by atoms with E-state index in [-0.39, 0.29) is 24.2 Å². The summed E-state index contributed by atoms with van der Waals surface area (Å²) in [4.78, 5) is 28.9. The molecule has 0 unspecified atom stereocenters. The Kier molecular flexibility index (Phi) is 4.04. The minimum Gasteiger partial charge on any atom is -0.471 e. The van der Waals surface area contributed by atoms with Crippen molar-refractivity contribution in [1.82, 2.24) is 9.88 Å². The van der Waals surface area contributed by atoms with E-state index in [2.05, 4.69) is 4.98 Å². The van der Waals surface area contributed by atoms with Crippen LogP contribution in [-0.2, 0) is 9.59 Å². The van der Waals surface area contributed by atoms with Crippen LogP contribution in [0.2, 0.25) is 0 Å². The van der Waals surface area contributed by atoms with Crippen molar-refractivity contribution in [2.24, 2.45) is 0 Å². The van der Waals surface area contributed by atoms with E-state index in [0.717, 1.165) is 10.9 Å². The summed E-state index contributed by atoms with van der Waals surface area (Å²) in [5.41, 5.74) is 0.897. The second-order valence-electron chi connectivity index (χ2n) is 5.58. The minimum atomic E-state index is -0.0186. The Morgan fingerprint density at radius 1 is 1.18 bits per heavy atom. The van der Waals surface area contributed by atoms with Crippen LogP contribution < -0.4 is 4.74 Å². The summed E-state index contributed by atoms with van der Waals surface area (Å²) in [6, 6.07) is 11.7. The van der Waals surface area contributed by atoms with Crippen molar-refractivity contribution in [1.29, 1.82) is 0 Å². The Morgan fingerprint density at radius 2 is 1.95 bits per heavy atom.